The maximum Gasteiger partial charge on any atom is 0.315 e. The number of carbonyl (C=O) groups is 2. The van der Waals surface area contributed by atoms with Crippen LogP contribution in [-0.2, 0) is 14.3 Å². The smallest absolute Gasteiger partial charge is 0.315 e. The van der Waals surface area contributed by atoms with Crippen molar-refractivity contribution in [3.63, 3.8) is 0 Å². The van der Waals surface area contributed by atoms with Crippen LogP contribution < -0.4 is 0 Å². The molecule has 0 saturated carbocycles. The minimum absolute atomic E-state index is 0.000615. The number of phenols is 1. The molecule has 3 atom stereocenters. The molecule has 172 valence electrons. The molecule has 0 radical (unpaired) electrons. The number of phenolic OH excluding ortho intramolecular Hbond substituents is 1. The van der Waals surface area contributed by atoms with Crippen LogP contribution in [0.1, 0.15) is 56.6 Å². The van der Waals surface area contributed by atoms with Crippen molar-refractivity contribution in [3.05, 3.63) is 76.0 Å². The molecule has 0 aromatic heterocycles. The Balaban J connectivity index is 1.76. The van der Waals surface area contributed by atoms with Crippen LogP contribution in [0.2, 0.25) is 5.02 Å². The van der Waals surface area contributed by atoms with Gasteiger partial charge >= 0.3 is 5.97 Å². The van der Waals surface area contributed by atoms with E-state index < -0.39 is 17.8 Å². The quantitative estimate of drug-likeness (QED) is 0.564. The number of ether oxygens (including phenoxy) is 1. The number of Topliss-reactive ketones (excluding diaryl/α,β-unsaturated/α-hetero) is 1. The van der Waals surface area contributed by atoms with Gasteiger partial charge in [0, 0.05) is 34.3 Å². The number of hydrogen-bond donors (Lipinski definition) is 1. The van der Waals surface area contributed by atoms with Gasteiger partial charge in [0.2, 0.25) is 0 Å². The fourth-order valence-corrected chi connectivity index (χ4v) is 4.88. The molecule has 0 spiro atoms. The van der Waals surface area contributed by atoms with E-state index in [0.717, 1.165) is 5.56 Å². The predicted molar refractivity (Wildman–Crippen MR) is 129 cm³/mol. The number of rotatable bonds is 5. The van der Waals surface area contributed by atoms with E-state index in [0.29, 0.717) is 47.0 Å². The molecule has 1 aliphatic heterocycles. The minimum atomic E-state index is -0.708. The number of aliphatic imine (C=N–C) groups is 1. The lowest BCUT2D eigenvalue weighted by molar-refractivity contribution is -0.147. The fraction of sp³-hybridized carbons (Fsp3) is 0.370. The summed E-state index contributed by atoms with van der Waals surface area (Å²) >= 11 is 6.04. The van der Waals surface area contributed by atoms with Crippen LogP contribution in [0.5, 0.6) is 5.75 Å². The molecule has 1 heterocycles. The van der Waals surface area contributed by atoms with E-state index in [-0.39, 0.29) is 23.4 Å². The first-order chi connectivity index (χ1) is 15.7. The van der Waals surface area contributed by atoms with Crippen LogP contribution in [0.25, 0.3) is 0 Å². The molecule has 1 aliphatic carbocycles. The summed E-state index contributed by atoms with van der Waals surface area (Å²) in [4.78, 5) is 31.5. The van der Waals surface area contributed by atoms with Crippen molar-refractivity contribution in [1.82, 2.24) is 0 Å². The third-order valence-corrected chi connectivity index (χ3v) is 6.52. The Morgan fingerprint density at radius 3 is 2.55 bits per heavy atom. The van der Waals surface area contributed by atoms with E-state index in [2.05, 4.69) is 0 Å². The summed E-state index contributed by atoms with van der Waals surface area (Å²) in [5.41, 5.74) is 3.65. The molecule has 0 amide bonds. The van der Waals surface area contributed by atoms with Crippen molar-refractivity contribution in [2.75, 3.05) is 6.61 Å². The van der Waals surface area contributed by atoms with E-state index in [1.54, 1.807) is 18.2 Å². The van der Waals surface area contributed by atoms with Crippen LogP contribution in [0.15, 0.2) is 64.8 Å². The maximum atomic E-state index is 13.5. The number of nitrogens with zero attached hydrogens (tertiary/aromatic N) is 1. The first-order valence-corrected chi connectivity index (χ1v) is 11.6. The highest BCUT2D eigenvalue weighted by Crippen LogP contribution is 2.47. The standard InChI is InChI=1S/C27H28ClNO4/c1-15(2)14-33-27(32)24-16(3)29-22-12-19(17-7-9-20(28)10-8-17)13-23(31)26(22)25(24)18-5-4-6-21(30)11-18/h4-11,15,19,24-25,30H,12-14H2,1-3H3. The van der Waals surface area contributed by atoms with Gasteiger partial charge in [0.1, 0.15) is 11.7 Å². The molecular weight excluding hydrogens is 438 g/mol. The zero-order valence-corrected chi connectivity index (χ0v) is 19.8. The Morgan fingerprint density at radius 1 is 1.15 bits per heavy atom. The number of ketones is 1. The number of carbonyl (C=O) groups excluding carboxylic acids is 2. The molecule has 2 aliphatic rings. The second kappa shape index (κ2) is 9.52. The molecule has 33 heavy (non-hydrogen) atoms. The molecule has 0 fully saturated rings. The Kier molecular flexibility index (Phi) is 6.71. The lowest BCUT2D eigenvalue weighted by atomic mass is 9.69. The van der Waals surface area contributed by atoms with Gasteiger partial charge in [0.25, 0.3) is 0 Å². The fourth-order valence-electron chi connectivity index (χ4n) is 4.75. The summed E-state index contributed by atoms with van der Waals surface area (Å²) < 4.78 is 5.58. The molecule has 6 heteroatoms. The van der Waals surface area contributed by atoms with Crippen LogP contribution in [0.4, 0.5) is 0 Å². The zero-order chi connectivity index (χ0) is 23.7. The Hall–Kier alpha value is -2.92. The summed E-state index contributed by atoms with van der Waals surface area (Å²) in [7, 11) is 0. The van der Waals surface area contributed by atoms with Crippen LogP contribution in [0.3, 0.4) is 0 Å². The van der Waals surface area contributed by atoms with Crippen LogP contribution >= 0.6 is 11.6 Å². The highest BCUT2D eigenvalue weighted by atomic mass is 35.5. The first-order valence-electron chi connectivity index (χ1n) is 11.3. The van der Waals surface area contributed by atoms with Crippen LogP contribution in [0, 0.1) is 11.8 Å². The van der Waals surface area contributed by atoms with Gasteiger partial charge in [-0.2, -0.15) is 0 Å². The molecule has 0 bridgehead atoms. The summed E-state index contributed by atoms with van der Waals surface area (Å²) in [6.45, 7) is 6.07. The monoisotopic (exact) mass is 465 g/mol. The van der Waals surface area contributed by atoms with Gasteiger partial charge in [-0.1, -0.05) is 49.7 Å². The molecule has 2 aromatic carbocycles. The first kappa shape index (κ1) is 23.2. The van der Waals surface area contributed by atoms with Crippen molar-refractivity contribution >= 4 is 29.1 Å². The molecular formula is C27H28ClNO4. The second-order valence-corrected chi connectivity index (χ2v) is 9.70. The Morgan fingerprint density at radius 2 is 1.88 bits per heavy atom. The maximum absolute atomic E-state index is 13.5. The van der Waals surface area contributed by atoms with Crippen molar-refractivity contribution in [2.24, 2.45) is 16.8 Å². The molecule has 4 rings (SSSR count). The highest BCUT2D eigenvalue weighted by molar-refractivity contribution is 6.30. The third-order valence-electron chi connectivity index (χ3n) is 6.27. The average Bonchev–Trinajstić information content (AvgIpc) is 2.76. The summed E-state index contributed by atoms with van der Waals surface area (Å²) in [5.74, 6) is -1.38. The number of hydrogen-bond acceptors (Lipinski definition) is 5. The van der Waals surface area contributed by atoms with E-state index in [1.165, 1.54) is 0 Å². The van der Waals surface area contributed by atoms with Crippen molar-refractivity contribution in [3.8, 4) is 5.75 Å². The molecule has 2 aromatic rings. The summed E-state index contributed by atoms with van der Waals surface area (Å²) in [6.07, 6.45) is 0.932. The largest absolute Gasteiger partial charge is 0.508 e. The zero-order valence-electron chi connectivity index (χ0n) is 19.0. The van der Waals surface area contributed by atoms with Gasteiger partial charge in [-0.05, 0) is 60.6 Å². The second-order valence-electron chi connectivity index (χ2n) is 9.27. The number of benzene rings is 2. The number of esters is 1. The summed E-state index contributed by atoms with van der Waals surface area (Å²) in [6, 6.07) is 14.3. The van der Waals surface area contributed by atoms with Gasteiger partial charge in [0.05, 0.1) is 6.61 Å². The van der Waals surface area contributed by atoms with Crippen molar-refractivity contribution < 1.29 is 19.4 Å². The lowest BCUT2D eigenvalue weighted by Crippen LogP contribution is -2.38. The highest BCUT2D eigenvalue weighted by Gasteiger charge is 2.44. The van der Waals surface area contributed by atoms with Crippen molar-refractivity contribution in [1.29, 1.82) is 0 Å². The third kappa shape index (κ3) is 4.88. The number of aromatic hydroxyl groups is 1. The molecule has 3 unspecified atom stereocenters. The number of halogens is 1. The SMILES string of the molecule is CC1=NC2=C(C(=O)CC(c3ccc(Cl)cc3)C2)C(c2cccc(O)c2)C1C(=O)OCC(C)C. The lowest BCUT2D eigenvalue weighted by Gasteiger charge is -2.36. The van der Waals surface area contributed by atoms with Gasteiger partial charge in [-0.25, -0.2) is 0 Å². The van der Waals surface area contributed by atoms with E-state index in [4.69, 9.17) is 21.3 Å². The van der Waals surface area contributed by atoms with E-state index in [1.807, 2.05) is 51.1 Å². The average molecular weight is 466 g/mol. The molecule has 5 nitrogen and oxygen atoms in total. The van der Waals surface area contributed by atoms with Gasteiger partial charge in [-0.15, -0.1) is 0 Å². The van der Waals surface area contributed by atoms with E-state index >= 15 is 0 Å². The van der Waals surface area contributed by atoms with Gasteiger partial charge in [-0.3, -0.25) is 14.6 Å². The normalized spacial score (nSPS) is 22.8. The van der Waals surface area contributed by atoms with Gasteiger partial charge < -0.3 is 9.84 Å². The van der Waals surface area contributed by atoms with E-state index in [9.17, 15) is 14.7 Å². The number of allylic oxidation sites excluding steroid dienone is 2. The molecule has 1 N–H and O–H groups in total. The molecule has 0 saturated heterocycles. The Labute approximate surface area is 199 Å². The topological polar surface area (TPSA) is 76.0 Å². The minimum Gasteiger partial charge on any atom is -0.508 e. The predicted octanol–water partition coefficient (Wildman–Crippen LogP) is 5.82. The van der Waals surface area contributed by atoms with Crippen LogP contribution in [-0.4, -0.2) is 29.2 Å². The summed E-state index contributed by atoms with van der Waals surface area (Å²) in [5, 5.41) is 10.8. The van der Waals surface area contributed by atoms with Gasteiger partial charge in [0.15, 0.2) is 5.78 Å². The Bertz CT molecular complexity index is 1130. The van der Waals surface area contributed by atoms with Crippen molar-refractivity contribution in [2.45, 2.75) is 45.4 Å².